The van der Waals surface area contributed by atoms with Gasteiger partial charge in [-0.3, -0.25) is 14.6 Å². The molecule has 8 heteroatoms. The van der Waals surface area contributed by atoms with E-state index in [1.807, 2.05) is 6.92 Å². The summed E-state index contributed by atoms with van der Waals surface area (Å²) in [6.45, 7) is 16.0. The molecule has 0 bridgehead atoms. The molecule has 0 aromatic carbocycles. The first kappa shape index (κ1) is 25.3. The lowest BCUT2D eigenvalue weighted by Crippen LogP contribution is -2.50. The van der Waals surface area contributed by atoms with Crippen LogP contribution in [-0.4, -0.2) is 134 Å². The second-order valence-corrected chi connectivity index (χ2v) is 7.33. The third-order valence-corrected chi connectivity index (χ3v) is 5.61. The molecule has 0 aliphatic carbocycles. The maximum atomic E-state index is 12.0. The van der Waals surface area contributed by atoms with Gasteiger partial charge in [-0.1, -0.05) is 13.8 Å². The topological polar surface area (TPSA) is 79.7 Å². The Kier molecular flexibility index (Phi) is 13.6. The number of hydrogen-bond acceptors (Lipinski definition) is 8. The fraction of sp³-hybridized carbons (Fsp3) is 0.950. The van der Waals surface area contributed by atoms with E-state index in [-0.39, 0.29) is 25.2 Å². The minimum absolute atomic E-state index is 0.0359. The highest BCUT2D eigenvalue weighted by molar-refractivity contribution is 5.71. The molecule has 1 aliphatic heterocycles. The van der Waals surface area contributed by atoms with Crippen LogP contribution in [-0.2, 0) is 9.53 Å². The molecule has 1 unspecified atom stereocenters. The molecule has 2 N–H and O–H groups in total. The van der Waals surface area contributed by atoms with Crippen LogP contribution in [0.15, 0.2) is 0 Å². The van der Waals surface area contributed by atoms with E-state index in [4.69, 9.17) is 4.74 Å². The van der Waals surface area contributed by atoms with Crippen LogP contribution in [0.4, 0.5) is 0 Å². The van der Waals surface area contributed by atoms with E-state index in [2.05, 4.69) is 33.4 Å². The lowest BCUT2D eigenvalue weighted by atomic mass is 10.2. The lowest BCUT2D eigenvalue weighted by Gasteiger charge is -2.36. The summed E-state index contributed by atoms with van der Waals surface area (Å²) in [6, 6.07) is -0.0526. The van der Waals surface area contributed by atoms with Gasteiger partial charge in [-0.05, 0) is 26.4 Å². The largest absolute Gasteiger partial charge is 0.465 e. The van der Waals surface area contributed by atoms with Crippen LogP contribution < -0.4 is 0 Å². The highest BCUT2D eigenvalue weighted by Crippen LogP contribution is 2.07. The van der Waals surface area contributed by atoms with E-state index in [1.54, 1.807) is 0 Å². The summed E-state index contributed by atoms with van der Waals surface area (Å²) in [5, 5.41) is 19.2. The molecule has 8 nitrogen and oxygen atoms in total. The number of ether oxygens (including phenoxy) is 1. The molecule has 0 saturated carbocycles. The summed E-state index contributed by atoms with van der Waals surface area (Å²) in [7, 11) is 0. The zero-order valence-electron chi connectivity index (χ0n) is 18.2. The molecule has 166 valence electrons. The molecule has 1 saturated heterocycles. The molecule has 1 aliphatic rings. The monoisotopic (exact) mass is 402 g/mol. The molecule has 0 aromatic heterocycles. The highest BCUT2D eigenvalue weighted by Gasteiger charge is 2.21. The molecular formula is C20H42N4O4. The summed E-state index contributed by atoms with van der Waals surface area (Å²) in [5.74, 6) is -0.185. The van der Waals surface area contributed by atoms with Crippen molar-refractivity contribution in [2.45, 2.75) is 33.2 Å². The number of carbonyl (C=O) groups excluding carboxylic acids is 1. The average molecular weight is 403 g/mol. The van der Waals surface area contributed by atoms with Gasteiger partial charge in [-0.2, -0.15) is 0 Å². The van der Waals surface area contributed by atoms with Crippen LogP contribution in [0.5, 0.6) is 0 Å². The van der Waals surface area contributed by atoms with Crippen molar-refractivity contribution >= 4 is 5.97 Å². The standard InChI is InChI=1S/C20H42N4O4/c1-4-21-8-9-22(5-2)12-14-24(19(18-26)7-16-25)15-13-23(11-10-21)17-20(27)28-6-3/h19,25-26H,4-18H2,1-3H3. The number of carbonyl (C=O) groups is 1. The third kappa shape index (κ3) is 9.62. The molecule has 0 spiro atoms. The van der Waals surface area contributed by atoms with Gasteiger partial charge >= 0.3 is 5.97 Å². The zero-order chi connectivity index (χ0) is 20.8. The van der Waals surface area contributed by atoms with E-state index in [0.717, 1.165) is 65.4 Å². The fourth-order valence-electron chi connectivity index (χ4n) is 3.64. The second kappa shape index (κ2) is 15.1. The van der Waals surface area contributed by atoms with Crippen LogP contribution in [0.1, 0.15) is 27.2 Å². The van der Waals surface area contributed by atoms with Crippen molar-refractivity contribution in [1.82, 2.24) is 19.6 Å². The molecule has 1 heterocycles. The normalized spacial score (nSPS) is 21.0. The van der Waals surface area contributed by atoms with Crippen LogP contribution >= 0.6 is 0 Å². The number of aliphatic hydroxyl groups is 2. The summed E-state index contributed by atoms with van der Waals surface area (Å²) >= 11 is 0. The minimum atomic E-state index is -0.185. The first-order valence-electron chi connectivity index (χ1n) is 10.9. The maximum absolute atomic E-state index is 12.0. The number of hydrogen-bond donors (Lipinski definition) is 2. The second-order valence-electron chi connectivity index (χ2n) is 7.33. The molecule has 1 atom stereocenters. The Morgan fingerprint density at radius 2 is 1.36 bits per heavy atom. The van der Waals surface area contributed by atoms with E-state index >= 15 is 0 Å². The van der Waals surface area contributed by atoms with E-state index in [1.165, 1.54) is 0 Å². The van der Waals surface area contributed by atoms with Crippen molar-refractivity contribution in [3.63, 3.8) is 0 Å². The van der Waals surface area contributed by atoms with Crippen LogP contribution in [0.25, 0.3) is 0 Å². The van der Waals surface area contributed by atoms with Crippen molar-refractivity contribution in [2.24, 2.45) is 0 Å². The van der Waals surface area contributed by atoms with Crippen molar-refractivity contribution in [1.29, 1.82) is 0 Å². The fourth-order valence-corrected chi connectivity index (χ4v) is 3.64. The van der Waals surface area contributed by atoms with Gasteiger partial charge < -0.3 is 24.7 Å². The number of esters is 1. The van der Waals surface area contributed by atoms with Crippen LogP contribution in [0.3, 0.4) is 0 Å². The summed E-state index contributed by atoms with van der Waals surface area (Å²) in [4.78, 5) is 21.3. The van der Waals surface area contributed by atoms with Gasteiger partial charge in [0.15, 0.2) is 0 Å². The smallest absolute Gasteiger partial charge is 0.320 e. The lowest BCUT2D eigenvalue weighted by molar-refractivity contribution is -0.144. The molecule has 1 rings (SSSR count). The van der Waals surface area contributed by atoms with Gasteiger partial charge in [-0.25, -0.2) is 0 Å². The third-order valence-electron chi connectivity index (χ3n) is 5.61. The van der Waals surface area contributed by atoms with E-state index < -0.39 is 0 Å². The van der Waals surface area contributed by atoms with Gasteiger partial charge in [0.1, 0.15) is 0 Å². The predicted octanol–water partition coefficient (Wildman–Crippen LogP) is -0.446. The summed E-state index contributed by atoms with van der Waals surface area (Å²) in [5.41, 5.74) is 0. The molecule has 0 amide bonds. The number of likely N-dealkylation sites (N-methyl/N-ethyl adjacent to an activating group) is 2. The van der Waals surface area contributed by atoms with E-state index in [0.29, 0.717) is 19.6 Å². The Bertz CT molecular complexity index is 414. The van der Waals surface area contributed by atoms with Gasteiger partial charge in [0, 0.05) is 65.0 Å². The van der Waals surface area contributed by atoms with Crippen LogP contribution in [0, 0.1) is 0 Å². The molecule has 28 heavy (non-hydrogen) atoms. The molecule has 0 radical (unpaired) electrons. The first-order valence-corrected chi connectivity index (χ1v) is 10.9. The molecular weight excluding hydrogens is 360 g/mol. The Balaban J connectivity index is 2.86. The zero-order valence-corrected chi connectivity index (χ0v) is 18.2. The molecule has 0 aromatic rings. The SMILES string of the molecule is CCOC(=O)CN1CCN(CC)CCN(CC)CCN(C(CO)CCO)CC1. The number of aliphatic hydroxyl groups excluding tert-OH is 2. The average Bonchev–Trinajstić information content (AvgIpc) is 2.69. The Labute approximate surface area is 171 Å². The van der Waals surface area contributed by atoms with Gasteiger partial charge in [0.2, 0.25) is 0 Å². The van der Waals surface area contributed by atoms with E-state index in [9.17, 15) is 15.0 Å². The van der Waals surface area contributed by atoms with Gasteiger partial charge in [0.25, 0.3) is 0 Å². The Morgan fingerprint density at radius 1 is 0.857 bits per heavy atom. The Morgan fingerprint density at radius 3 is 1.82 bits per heavy atom. The van der Waals surface area contributed by atoms with Crippen molar-refractivity contribution in [2.75, 3.05) is 91.8 Å². The summed E-state index contributed by atoms with van der Waals surface area (Å²) in [6.07, 6.45) is 0.560. The first-order chi connectivity index (χ1) is 13.6. The van der Waals surface area contributed by atoms with Crippen molar-refractivity contribution in [3.05, 3.63) is 0 Å². The maximum Gasteiger partial charge on any atom is 0.320 e. The number of nitrogens with zero attached hydrogens (tertiary/aromatic N) is 4. The highest BCUT2D eigenvalue weighted by atomic mass is 16.5. The van der Waals surface area contributed by atoms with Gasteiger partial charge in [-0.15, -0.1) is 0 Å². The Hall–Kier alpha value is -0.770. The molecule has 1 fully saturated rings. The quantitative estimate of drug-likeness (QED) is 0.502. The predicted molar refractivity (Wildman–Crippen MR) is 111 cm³/mol. The van der Waals surface area contributed by atoms with Crippen molar-refractivity contribution < 1.29 is 19.7 Å². The number of rotatable bonds is 9. The van der Waals surface area contributed by atoms with Gasteiger partial charge in [0.05, 0.1) is 19.8 Å². The minimum Gasteiger partial charge on any atom is -0.465 e. The summed E-state index contributed by atoms with van der Waals surface area (Å²) < 4.78 is 5.15. The van der Waals surface area contributed by atoms with Crippen molar-refractivity contribution in [3.8, 4) is 0 Å². The van der Waals surface area contributed by atoms with Crippen LogP contribution in [0.2, 0.25) is 0 Å².